The van der Waals surface area contributed by atoms with Crippen molar-refractivity contribution in [2.24, 2.45) is 0 Å². The molecule has 1 unspecified atom stereocenters. The summed E-state index contributed by atoms with van der Waals surface area (Å²) < 4.78 is 16.4. The molecule has 1 atom stereocenters. The quantitative estimate of drug-likeness (QED) is 0.555. The van der Waals surface area contributed by atoms with E-state index in [-0.39, 0.29) is 0 Å². The van der Waals surface area contributed by atoms with Crippen molar-refractivity contribution in [1.82, 2.24) is 10.9 Å². The SMILES string of the molecule is CCOc1ccc(OC(C)C(=O)NNC(=O)/C=C/c2ccc3c(c2)CCO3)cc1. The van der Waals surface area contributed by atoms with E-state index in [2.05, 4.69) is 10.9 Å². The van der Waals surface area contributed by atoms with E-state index in [0.717, 1.165) is 29.0 Å². The highest BCUT2D eigenvalue weighted by molar-refractivity contribution is 5.93. The van der Waals surface area contributed by atoms with E-state index in [1.54, 1.807) is 37.3 Å². The molecule has 2 amide bonds. The lowest BCUT2D eigenvalue weighted by molar-refractivity contribution is -0.131. The average Bonchev–Trinajstić information content (AvgIpc) is 3.20. The lowest BCUT2D eigenvalue weighted by Crippen LogP contribution is -2.46. The topological polar surface area (TPSA) is 85.9 Å². The van der Waals surface area contributed by atoms with Gasteiger partial charge in [0.25, 0.3) is 11.8 Å². The Morgan fingerprint density at radius 3 is 2.66 bits per heavy atom. The molecule has 0 bridgehead atoms. The number of carbonyl (C=O) groups excluding carboxylic acids is 2. The normalized spacial score (nSPS) is 13.3. The van der Waals surface area contributed by atoms with E-state index in [1.807, 2.05) is 25.1 Å². The highest BCUT2D eigenvalue weighted by atomic mass is 16.5. The number of rotatable bonds is 7. The molecular formula is C22H24N2O5. The van der Waals surface area contributed by atoms with Crippen molar-refractivity contribution in [3.63, 3.8) is 0 Å². The van der Waals surface area contributed by atoms with Gasteiger partial charge in [0.05, 0.1) is 13.2 Å². The molecule has 0 radical (unpaired) electrons. The van der Waals surface area contributed by atoms with Gasteiger partial charge in [0, 0.05) is 12.5 Å². The maximum atomic E-state index is 12.1. The Bertz CT molecular complexity index is 893. The standard InChI is InChI=1S/C22H24N2O5/c1-3-27-18-6-8-19(9-7-18)29-15(2)22(26)24-23-21(25)11-5-16-4-10-20-17(14-16)12-13-28-20/h4-11,14-15H,3,12-13H2,1-2H3,(H,23,25)(H,24,26)/b11-5+. The van der Waals surface area contributed by atoms with Gasteiger partial charge in [-0.2, -0.15) is 0 Å². The van der Waals surface area contributed by atoms with E-state index in [1.165, 1.54) is 6.08 Å². The number of hydrogen-bond acceptors (Lipinski definition) is 5. The second-order valence-electron chi connectivity index (χ2n) is 6.44. The van der Waals surface area contributed by atoms with Crippen molar-refractivity contribution in [2.45, 2.75) is 26.4 Å². The zero-order valence-electron chi connectivity index (χ0n) is 16.4. The van der Waals surface area contributed by atoms with Crippen LogP contribution in [0.3, 0.4) is 0 Å². The molecular weight excluding hydrogens is 372 g/mol. The fourth-order valence-electron chi connectivity index (χ4n) is 2.79. The summed E-state index contributed by atoms with van der Waals surface area (Å²) in [6.45, 7) is 4.77. The first kappa shape index (κ1) is 20.3. The molecule has 1 aliphatic heterocycles. The number of hydrazine groups is 1. The van der Waals surface area contributed by atoms with Gasteiger partial charge in [-0.25, -0.2) is 0 Å². The maximum absolute atomic E-state index is 12.1. The maximum Gasteiger partial charge on any atom is 0.279 e. The van der Waals surface area contributed by atoms with Crippen molar-refractivity contribution in [3.8, 4) is 17.2 Å². The number of benzene rings is 2. The lowest BCUT2D eigenvalue weighted by Gasteiger charge is -2.15. The molecule has 7 nitrogen and oxygen atoms in total. The Morgan fingerprint density at radius 2 is 1.90 bits per heavy atom. The van der Waals surface area contributed by atoms with E-state index in [4.69, 9.17) is 14.2 Å². The Balaban J connectivity index is 1.44. The predicted molar refractivity (Wildman–Crippen MR) is 109 cm³/mol. The minimum Gasteiger partial charge on any atom is -0.494 e. The van der Waals surface area contributed by atoms with Gasteiger partial charge in [-0.1, -0.05) is 6.07 Å². The monoisotopic (exact) mass is 396 g/mol. The second kappa shape index (κ2) is 9.64. The van der Waals surface area contributed by atoms with Gasteiger partial charge in [0.2, 0.25) is 0 Å². The van der Waals surface area contributed by atoms with Gasteiger partial charge in [-0.15, -0.1) is 0 Å². The highest BCUT2D eigenvalue weighted by Gasteiger charge is 2.15. The second-order valence-corrected chi connectivity index (χ2v) is 6.44. The Labute approximate surface area is 169 Å². The fourth-order valence-corrected chi connectivity index (χ4v) is 2.79. The van der Waals surface area contributed by atoms with Crippen molar-refractivity contribution < 1.29 is 23.8 Å². The molecule has 2 aromatic carbocycles. The molecule has 1 heterocycles. The molecule has 2 aromatic rings. The molecule has 0 saturated carbocycles. The van der Waals surface area contributed by atoms with Crippen molar-refractivity contribution in [3.05, 3.63) is 59.7 Å². The molecule has 2 N–H and O–H groups in total. The van der Waals surface area contributed by atoms with Crippen LogP contribution < -0.4 is 25.1 Å². The number of amides is 2. The number of nitrogens with one attached hydrogen (secondary N) is 2. The molecule has 0 aliphatic carbocycles. The van der Waals surface area contributed by atoms with Crippen LogP contribution >= 0.6 is 0 Å². The molecule has 0 saturated heterocycles. The third-order valence-electron chi connectivity index (χ3n) is 4.27. The minimum atomic E-state index is -0.783. The average molecular weight is 396 g/mol. The minimum absolute atomic E-state index is 0.441. The number of ether oxygens (including phenoxy) is 3. The number of hydrogen-bond donors (Lipinski definition) is 2. The third kappa shape index (κ3) is 5.75. The van der Waals surface area contributed by atoms with Crippen LogP contribution in [0.5, 0.6) is 17.2 Å². The number of fused-ring (bicyclic) bond motifs is 1. The van der Waals surface area contributed by atoms with Crippen molar-refractivity contribution in [2.75, 3.05) is 13.2 Å². The zero-order chi connectivity index (χ0) is 20.6. The van der Waals surface area contributed by atoms with E-state index in [0.29, 0.717) is 19.0 Å². The molecule has 0 aromatic heterocycles. The van der Waals surface area contributed by atoms with Crippen LogP contribution in [-0.4, -0.2) is 31.1 Å². The largest absolute Gasteiger partial charge is 0.494 e. The third-order valence-corrected chi connectivity index (χ3v) is 4.27. The summed E-state index contributed by atoms with van der Waals surface area (Å²) >= 11 is 0. The first-order valence-corrected chi connectivity index (χ1v) is 9.48. The summed E-state index contributed by atoms with van der Waals surface area (Å²) in [6.07, 6.45) is 3.12. The fraction of sp³-hybridized carbons (Fsp3) is 0.273. The van der Waals surface area contributed by atoms with Gasteiger partial charge < -0.3 is 14.2 Å². The Hall–Kier alpha value is -3.48. The molecule has 0 fully saturated rings. The van der Waals surface area contributed by atoms with Gasteiger partial charge in [0.1, 0.15) is 17.2 Å². The van der Waals surface area contributed by atoms with Crippen LogP contribution in [0.25, 0.3) is 6.08 Å². The van der Waals surface area contributed by atoms with Gasteiger partial charge in [-0.05, 0) is 67.4 Å². The van der Waals surface area contributed by atoms with Crippen LogP contribution in [0.15, 0.2) is 48.5 Å². The predicted octanol–water partition coefficient (Wildman–Crippen LogP) is 2.65. The van der Waals surface area contributed by atoms with Crippen molar-refractivity contribution >= 4 is 17.9 Å². The molecule has 1 aliphatic rings. The van der Waals surface area contributed by atoms with Gasteiger partial charge in [0.15, 0.2) is 6.10 Å². The first-order chi connectivity index (χ1) is 14.0. The van der Waals surface area contributed by atoms with E-state index >= 15 is 0 Å². The summed E-state index contributed by atoms with van der Waals surface area (Å²) in [5.74, 6) is 1.24. The van der Waals surface area contributed by atoms with Crippen LogP contribution in [0.1, 0.15) is 25.0 Å². The molecule has 29 heavy (non-hydrogen) atoms. The molecule has 0 spiro atoms. The summed E-state index contributed by atoms with van der Waals surface area (Å²) in [6, 6.07) is 12.7. The summed E-state index contributed by atoms with van der Waals surface area (Å²) in [7, 11) is 0. The summed E-state index contributed by atoms with van der Waals surface area (Å²) in [5.41, 5.74) is 6.72. The van der Waals surface area contributed by atoms with Crippen molar-refractivity contribution in [1.29, 1.82) is 0 Å². The van der Waals surface area contributed by atoms with Crippen LogP contribution in [0, 0.1) is 0 Å². The molecule has 152 valence electrons. The van der Waals surface area contributed by atoms with Crippen LogP contribution in [0.4, 0.5) is 0 Å². The number of carbonyl (C=O) groups is 2. The summed E-state index contributed by atoms with van der Waals surface area (Å²) in [5, 5.41) is 0. The summed E-state index contributed by atoms with van der Waals surface area (Å²) in [4.78, 5) is 24.1. The smallest absolute Gasteiger partial charge is 0.279 e. The lowest BCUT2D eigenvalue weighted by atomic mass is 10.1. The zero-order valence-corrected chi connectivity index (χ0v) is 16.4. The molecule has 3 rings (SSSR count). The van der Waals surface area contributed by atoms with E-state index < -0.39 is 17.9 Å². The van der Waals surface area contributed by atoms with Gasteiger partial charge in [-0.3, -0.25) is 20.4 Å². The van der Waals surface area contributed by atoms with E-state index in [9.17, 15) is 9.59 Å². The Morgan fingerprint density at radius 1 is 1.14 bits per heavy atom. The highest BCUT2D eigenvalue weighted by Crippen LogP contribution is 2.26. The van der Waals surface area contributed by atoms with Gasteiger partial charge >= 0.3 is 0 Å². The first-order valence-electron chi connectivity index (χ1n) is 9.48. The van der Waals surface area contributed by atoms with Crippen LogP contribution in [0.2, 0.25) is 0 Å². The molecule has 7 heteroatoms. The van der Waals surface area contributed by atoms with Crippen LogP contribution in [-0.2, 0) is 16.0 Å². The Kier molecular flexibility index (Phi) is 6.73.